The number of thioether (sulfide) groups is 1. The lowest BCUT2D eigenvalue weighted by atomic mass is 10.1. The zero-order chi connectivity index (χ0) is 19.2. The smallest absolute Gasteiger partial charge is 0.338 e. The van der Waals surface area contributed by atoms with Crippen LogP contribution in [-0.2, 0) is 17.0 Å². The summed E-state index contributed by atoms with van der Waals surface area (Å²) in [5, 5.41) is 9.57. The lowest BCUT2D eigenvalue weighted by Crippen LogP contribution is -2.07. The molecule has 2 N–H and O–H groups in total. The lowest BCUT2D eigenvalue weighted by molar-refractivity contribution is 0.0526. The van der Waals surface area contributed by atoms with Gasteiger partial charge in [-0.1, -0.05) is 53.7 Å². The van der Waals surface area contributed by atoms with Crippen molar-refractivity contribution in [2.75, 3.05) is 12.3 Å². The topological polar surface area (TPSA) is 83.0 Å². The van der Waals surface area contributed by atoms with Crippen LogP contribution in [0, 0.1) is 0 Å². The molecule has 1 heterocycles. The Bertz CT molecular complexity index is 928. The fourth-order valence-electron chi connectivity index (χ4n) is 2.46. The van der Waals surface area contributed by atoms with E-state index in [1.807, 2.05) is 41.0 Å². The molecular formula is C19H19ClN4O2S. The molecular weight excluding hydrogens is 384 g/mol. The molecule has 0 unspecified atom stereocenters. The summed E-state index contributed by atoms with van der Waals surface area (Å²) >= 11 is 7.73. The summed E-state index contributed by atoms with van der Waals surface area (Å²) < 4.78 is 6.83. The summed E-state index contributed by atoms with van der Waals surface area (Å²) in [7, 11) is 0. The number of ether oxygens (including phenoxy) is 1. The first-order valence-electron chi connectivity index (χ1n) is 8.39. The average molecular weight is 403 g/mol. The summed E-state index contributed by atoms with van der Waals surface area (Å²) in [6, 6.07) is 14.9. The molecule has 27 heavy (non-hydrogen) atoms. The quantitative estimate of drug-likeness (QED) is 0.474. The Kier molecular flexibility index (Phi) is 6.36. The van der Waals surface area contributed by atoms with E-state index in [0.29, 0.717) is 35.6 Å². The second-order valence-electron chi connectivity index (χ2n) is 5.72. The fraction of sp³-hybridized carbons (Fsp3) is 0.211. The summed E-state index contributed by atoms with van der Waals surface area (Å²) in [6.45, 7) is 2.64. The zero-order valence-corrected chi connectivity index (χ0v) is 16.3. The van der Waals surface area contributed by atoms with Gasteiger partial charge >= 0.3 is 5.97 Å². The number of benzene rings is 2. The Hall–Kier alpha value is -2.51. The molecule has 0 amide bonds. The molecule has 8 heteroatoms. The van der Waals surface area contributed by atoms with Gasteiger partial charge in [0.2, 0.25) is 5.95 Å². The summed E-state index contributed by atoms with van der Waals surface area (Å²) in [6.07, 6.45) is 0. The predicted octanol–water partition coefficient (Wildman–Crippen LogP) is 4.03. The van der Waals surface area contributed by atoms with E-state index >= 15 is 0 Å². The minimum Gasteiger partial charge on any atom is -0.462 e. The van der Waals surface area contributed by atoms with Gasteiger partial charge in [-0.15, -0.1) is 10.2 Å². The third-order valence-electron chi connectivity index (χ3n) is 3.87. The van der Waals surface area contributed by atoms with Crippen molar-refractivity contribution in [1.29, 1.82) is 0 Å². The van der Waals surface area contributed by atoms with Crippen LogP contribution in [0.1, 0.15) is 28.4 Å². The first-order chi connectivity index (χ1) is 13.1. The van der Waals surface area contributed by atoms with Gasteiger partial charge in [0.15, 0.2) is 5.16 Å². The van der Waals surface area contributed by atoms with Crippen molar-refractivity contribution >= 4 is 35.3 Å². The molecule has 6 nitrogen and oxygen atoms in total. The number of carbonyl (C=O) groups is 1. The number of anilines is 1. The molecule has 0 aliphatic heterocycles. The number of carbonyl (C=O) groups excluding carboxylic acids is 1. The van der Waals surface area contributed by atoms with Crippen molar-refractivity contribution < 1.29 is 9.53 Å². The Morgan fingerprint density at radius 2 is 1.93 bits per heavy atom. The summed E-state index contributed by atoms with van der Waals surface area (Å²) in [5.41, 5.74) is 8.51. The fourth-order valence-corrected chi connectivity index (χ4v) is 3.69. The molecule has 140 valence electrons. The number of hydrogen-bond acceptors (Lipinski definition) is 6. The minimum atomic E-state index is -0.330. The van der Waals surface area contributed by atoms with Crippen LogP contribution in [0.25, 0.3) is 0 Å². The van der Waals surface area contributed by atoms with Crippen LogP contribution in [0.2, 0.25) is 5.02 Å². The van der Waals surface area contributed by atoms with Crippen molar-refractivity contribution in [3.05, 3.63) is 70.2 Å². The molecule has 0 spiro atoms. The molecule has 0 atom stereocenters. The highest BCUT2D eigenvalue weighted by Crippen LogP contribution is 2.27. The Labute approximate surface area is 166 Å². The van der Waals surface area contributed by atoms with Gasteiger partial charge in [0.1, 0.15) is 0 Å². The summed E-state index contributed by atoms with van der Waals surface area (Å²) in [5.74, 6) is 0.676. The van der Waals surface area contributed by atoms with Gasteiger partial charge in [0, 0.05) is 10.8 Å². The molecule has 3 aromatic rings. The van der Waals surface area contributed by atoms with Gasteiger partial charge in [0.05, 0.1) is 18.7 Å². The minimum absolute atomic E-state index is 0.330. The molecule has 2 aromatic carbocycles. The van der Waals surface area contributed by atoms with Gasteiger partial charge in [0.25, 0.3) is 0 Å². The van der Waals surface area contributed by atoms with Crippen LogP contribution in [0.3, 0.4) is 0 Å². The number of aromatic nitrogens is 3. The van der Waals surface area contributed by atoms with Crippen molar-refractivity contribution in [3.8, 4) is 0 Å². The molecule has 0 radical (unpaired) electrons. The van der Waals surface area contributed by atoms with Crippen molar-refractivity contribution in [1.82, 2.24) is 14.8 Å². The maximum Gasteiger partial charge on any atom is 0.338 e. The van der Waals surface area contributed by atoms with E-state index in [1.54, 1.807) is 19.1 Å². The summed E-state index contributed by atoms with van der Waals surface area (Å²) in [4.78, 5) is 11.7. The number of nitrogens with zero attached hydrogens (tertiary/aromatic N) is 3. The highest BCUT2D eigenvalue weighted by molar-refractivity contribution is 7.98. The highest BCUT2D eigenvalue weighted by atomic mass is 35.5. The largest absolute Gasteiger partial charge is 0.462 e. The number of hydrogen-bond donors (Lipinski definition) is 1. The van der Waals surface area contributed by atoms with Gasteiger partial charge in [-0.2, -0.15) is 0 Å². The molecule has 1 aromatic heterocycles. The molecule has 0 saturated heterocycles. The maximum atomic E-state index is 11.7. The Morgan fingerprint density at radius 3 is 2.63 bits per heavy atom. The molecule has 0 aliphatic carbocycles. The SMILES string of the molecule is CCOC(=O)c1ccc(Cn2c(N)nnc2SCc2ccccc2Cl)cc1. The Morgan fingerprint density at radius 1 is 1.19 bits per heavy atom. The van der Waals surface area contributed by atoms with Crippen LogP contribution in [0.4, 0.5) is 5.95 Å². The first-order valence-corrected chi connectivity index (χ1v) is 9.75. The monoisotopic (exact) mass is 402 g/mol. The van der Waals surface area contributed by atoms with E-state index in [9.17, 15) is 4.79 Å². The van der Waals surface area contributed by atoms with Crippen LogP contribution in [0.5, 0.6) is 0 Å². The Balaban J connectivity index is 1.71. The van der Waals surface area contributed by atoms with Crippen LogP contribution in [0.15, 0.2) is 53.7 Å². The van der Waals surface area contributed by atoms with Gasteiger partial charge in [-0.05, 0) is 36.2 Å². The average Bonchev–Trinajstić information content (AvgIpc) is 3.02. The number of esters is 1. The highest BCUT2D eigenvalue weighted by Gasteiger charge is 2.13. The second kappa shape index (κ2) is 8.92. The van der Waals surface area contributed by atoms with Gasteiger partial charge in [-0.25, -0.2) is 4.79 Å². The van der Waals surface area contributed by atoms with Crippen LogP contribution in [-0.4, -0.2) is 27.3 Å². The van der Waals surface area contributed by atoms with Gasteiger partial charge in [-0.3, -0.25) is 4.57 Å². The van der Waals surface area contributed by atoms with E-state index < -0.39 is 0 Å². The van der Waals surface area contributed by atoms with Crippen molar-refractivity contribution in [3.63, 3.8) is 0 Å². The van der Waals surface area contributed by atoms with E-state index in [0.717, 1.165) is 16.1 Å². The number of halogens is 1. The van der Waals surface area contributed by atoms with E-state index in [1.165, 1.54) is 11.8 Å². The second-order valence-corrected chi connectivity index (χ2v) is 7.07. The molecule has 3 rings (SSSR count). The van der Waals surface area contributed by atoms with E-state index in [-0.39, 0.29) is 5.97 Å². The first kappa shape index (κ1) is 19.3. The normalized spacial score (nSPS) is 10.7. The number of nitrogen functional groups attached to an aromatic ring is 1. The van der Waals surface area contributed by atoms with E-state index in [2.05, 4.69) is 10.2 Å². The van der Waals surface area contributed by atoms with Gasteiger partial charge < -0.3 is 10.5 Å². The molecule has 0 saturated carbocycles. The standard InChI is InChI=1S/C19H19ClN4O2S/c1-2-26-17(25)14-9-7-13(8-10-14)11-24-18(21)22-23-19(24)27-12-15-5-3-4-6-16(15)20/h3-10H,2,11-12H2,1H3,(H2,21,22). The van der Waals surface area contributed by atoms with Crippen molar-refractivity contribution in [2.24, 2.45) is 0 Å². The molecule has 0 aliphatic rings. The third-order valence-corrected chi connectivity index (χ3v) is 5.25. The molecule has 0 fully saturated rings. The number of rotatable bonds is 7. The van der Waals surface area contributed by atoms with Crippen LogP contribution < -0.4 is 5.73 Å². The lowest BCUT2D eigenvalue weighted by Gasteiger charge is -2.09. The van der Waals surface area contributed by atoms with Crippen molar-refractivity contribution in [2.45, 2.75) is 24.4 Å². The van der Waals surface area contributed by atoms with E-state index in [4.69, 9.17) is 22.1 Å². The zero-order valence-electron chi connectivity index (χ0n) is 14.8. The molecule has 0 bridgehead atoms. The maximum absolute atomic E-state index is 11.7. The predicted molar refractivity (Wildman–Crippen MR) is 107 cm³/mol. The number of nitrogens with two attached hydrogens (primary N) is 1. The van der Waals surface area contributed by atoms with Crippen LogP contribution >= 0.6 is 23.4 Å². The third kappa shape index (κ3) is 4.81.